The van der Waals surface area contributed by atoms with Crippen LogP contribution in [0.25, 0.3) is 11.0 Å². The van der Waals surface area contributed by atoms with Crippen LogP contribution in [0.2, 0.25) is 0 Å². The summed E-state index contributed by atoms with van der Waals surface area (Å²) in [5, 5.41) is 5.32. The van der Waals surface area contributed by atoms with E-state index in [1.165, 1.54) is 0 Å². The van der Waals surface area contributed by atoms with Gasteiger partial charge in [-0.15, -0.1) is 0 Å². The summed E-state index contributed by atoms with van der Waals surface area (Å²) in [6.45, 7) is 12.9. The molecule has 0 unspecified atom stereocenters. The summed E-state index contributed by atoms with van der Waals surface area (Å²) >= 11 is 0. The van der Waals surface area contributed by atoms with Gasteiger partial charge in [0.05, 0.1) is 22.2 Å². The lowest BCUT2D eigenvalue weighted by molar-refractivity contribution is 0.0847. The number of nitrogens with one attached hydrogen (secondary N) is 2. The van der Waals surface area contributed by atoms with Gasteiger partial charge in [-0.1, -0.05) is 13.8 Å². The number of ether oxygens (including phenoxy) is 2. The van der Waals surface area contributed by atoms with Crippen LogP contribution in [0.1, 0.15) is 72.6 Å². The summed E-state index contributed by atoms with van der Waals surface area (Å²) in [6.07, 6.45) is 0. The molecule has 1 aliphatic heterocycles. The second-order valence-electron chi connectivity index (χ2n) is 9.38. The summed E-state index contributed by atoms with van der Waals surface area (Å²) < 4.78 is 12.9. The van der Waals surface area contributed by atoms with Crippen LogP contribution in [-0.2, 0) is 5.54 Å². The molecule has 2 amide bonds. The molecule has 33 heavy (non-hydrogen) atoms. The first-order valence-corrected chi connectivity index (χ1v) is 11.0. The van der Waals surface area contributed by atoms with Gasteiger partial charge in [0.15, 0.2) is 17.1 Å². The maximum absolute atomic E-state index is 13.2. The SMILES string of the molecule is Cc1nn(C(C)(C)C)c2nc(C(C)C)cc(C(=O)NNC(=O)c3ccc4c(c3)OCCO4)c12. The molecule has 0 fully saturated rings. The lowest BCUT2D eigenvalue weighted by Gasteiger charge is -2.20. The Labute approximate surface area is 192 Å². The van der Waals surface area contributed by atoms with Gasteiger partial charge in [-0.05, 0) is 57.9 Å². The Morgan fingerprint density at radius 2 is 1.70 bits per heavy atom. The minimum Gasteiger partial charge on any atom is -0.486 e. The number of hydrogen-bond acceptors (Lipinski definition) is 6. The standard InChI is InChI=1S/C24H29N5O4/c1-13(2)17-12-16(20-14(3)28-29(21(20)25-17)24(4,5)6)23(31)27-26-22(30)15-7-8-18-19(11-15)33-10-9-32-18/h7-8,11-13H,9-10H2,1-6H3,(H,26,30)(H,27,31). The summed E-state index contributed by atoms with van der Waals surface area (Å²) in [5.74, 6) is 0.303. The predicted octanol–water partition coefficient (Wildman–Crippen LogP) is 3.46. The predicted molar refractivity (Wildman–Crippen MR) is 124 cm³/mol. The topological polar surface area (TPSA) is 107 Å². The van der Waals surface area contributed by atoms with Crippen LogP contribution in [0.4, 0.5) is 0 Å². The number of amides is 2. The monoisotopic (exact) mass is 451 g/mol. The van der Waals surface area contributed by atoms with Gasteiger partial charge in [-0.25, -0.2) is 9.67 Å². The van der Waals surface area contributed by atoms with Crippen LogP contribution in [0.5, 0.6) is 11.5 Å². The third kappa shape index (κ3) is 4.35. The first-order valence-electron chi connectivity index (χ1n) is 11.0. The lowest BCUT2D eigenvalue weighted by atomic mass is 10.0. The maximum atomic E-state index is 13.2. The Balaban J connectivity index is 1.62. The highest BCUT2D eigenvalue weighted by Crippen LogP contribution is 2.31. The molecule has 0 spiro atoms. The molecule has 2 aromatic heterocycles. The van der Waals surface area contributed by atoms with Crippen LogP contribution < -0.4 is 20.3 Å². The van der Waals surface area contributed by atoms with Gasteiger partial charge in [0.2, 0.25) is 0 Å². The van der Waals surface area contributed by atoms with Gasteiger partial charge in [-0.3, -0.25) is 20.4 Å². The highest BCUT2D eigenvalue weighted by molar-refractivity contribution is 6.07. The normalized spacial score (nSPS) is 13.3. The van der Waals surface area contributed by atoms with Crippen molar-refractivity contribution in [2.75, 3.05) is 13.2 Å². The minimum atomic E-state index is -0.461. The van der Waals surface area contributed by atoms with Gasteiger partial charge in [-0.2, -0.15) is 5.10 Å². The number of aryl methyl sites for hydroxylation is 1. The maximum Gasteiger partial charge on any atom is 0.270 e. The van der Waals surface area contributed by atoms with E-state index in [0.717, 1.165) is 5.69 Å². The zero-order valence-corrected chi connectivity index (χ0v) is 19.8. The summed E-state index contributed by atoms with van der Waals surface area (Å²) in [6, 6.07) is 6.65. The Hall–Kier alpha value is -3.62. The second kappa shape index (κ2) is 8.38. The van der Waals surface area contributed by atoms with Crippen molar-refractivity contribution in [3.05, 3.63) is 46.8 Å². The van der Waals surface area contributed by atoms with Crippen molar-refractivity contribution in [1.29, 1.82) is 0 Å². The Morgan fingerprint density at radius 3 is 2.36 bits per heavy atom. The highest BCUT2D eigenvalue weighted by atomic mass is 16.6. The number of benzene rings is 1. The van der Waals surface area contributed by atoms with Crippen molar-refractivity contribution in [2.24, 2.45) is 0 Å². The van der Waals surface area contributed by atoms with Gasteiger partial charge in [0.25, 0.3) is 11.8 Å². The van der Waals surface area contributed by atoms with E-state index in [4.69, 9.17) is 14.5 Å². The number of pyridine rings is 1. The molecule has 2 N–H and O–H groups in total. The number of hydrazine groups is 1. The average molecular weight is 452 g/mol. The Bertz CT molecular complexity index is 1240. The summed E-state index contributed by atoms with van der Waals surface area (Å²) in [4.78, 5) is 30.6. The van der Waals surface area contributed by atoms with Crippen LogP contribution in [0.3, 0.4) is 0 Å². The fraction of sp³-hybridized carbons (Fsp3) is 0.417. The fourth-order valence-corrected chi connectivity index (χ4v) is 3.69. The third-order valence-corrected chi connectivity index (χ3v) is 5.40. The molecular formula is C24H29N5O4. The van der Waals surface area contributed by atoms with E-state index in [-0.39, 0.29) is 11.5 Å². The van der Waals surface area contributed by atoms with E-state index in [1.807, 2.05) is 46.2 Å². The largest absolute Gasteiger partial charge is 0.486 e. The molecule has 4 rings (SSSR count). The van der Waals surface area contributed by atoms with E-state index < -0.39 is 11.8 Å². The smallest absolute Gasteiger partial charge is 0.270 e. The molecule has 0 aliphatic carbocycles. The number of aromatic nitrogens is 3. The first kappa shape index (κ1) is 22.6. The molecule has 9 heteroatoms. The third-order valence-electron chi connectivity index (χ3n) is 5.40. The quantitative estimate of drug-likeness (QED) is 0.591. The van der Waals surface area contributed by atoms with E-state index in [9.17, 15) is 9.59 Å². The molecule has 0 bridgehead atoms. The van der Waals surface area contributed by atoms with Gasteiger partial charge in [0.1, 0.15) is 13.2 Å². The molecule has 3 heterocycles. The molecule has 1 aliphatic rings. The lowest BCUT2D eigenvalue weighted by Crippen LogP contribution is -2.41. The number of hydrogen-bond donors (Lipinski definition) is 2. The molecule has 3 aromatic rings. The number of carbonyl (C=O) groups excluding carboxylic acids is 2. The first-order chi connectivity index (χ1) is 15.6. The molecular weight excluding hydrogens is 422 g/mol. The van der Waals surface area contributed by atoms with Crippen molar-refractivity contribution in [3.8, 4) is 11.5 Å². The Morgan fingerprint density at radius 1 is 1.03 bits per heavy atom. The van der Waals surface area contributed by atoms with Crippen molar-refractivity contribution < 1.29 is 19.1 Å². The van der Waals surface area contributed by atoms with Crippen LogP contribution in [0, 0.1) is 6.92 Å². The molecule has 0 saturated carbocycles. The van der Waals surface area contributed by atoms with Crippen LogP contribution in [-0.4, -0.2) is 39.8 Å². The van der Waals surface area contributed by atoms with Crippen LogP contribution >= 0.6 is 0 Å². The van der Waals surface area contributed by atoms with Crippen molar-refractivity contribution >= 4 is 22.8 Å². The average Bonchev–Trinajstić information content (AvgIpc) is 3.13. The molecule has 9 nitrogen and oxygen atoms in total. The highest BCUT2D eigenvalue weighted by Gasteiger charge is 2.25. The van der Waals surface area contributed by atoms with Gasteiger partial charge < -0.3 is 9.47 Å². The van der Waals surface area contributed by atoms with E-state index in [0.29, 0.717) is 52.6 Å². The number of fused-ring (bicyclic) bond motifs is 2. The molecule has 174 valence electrons. The second-order valence-corrected chi connectivity index (χ2v) is 9.38. The number of nitrogens with zero attached hydrogens (tertiary/aromatic N) is 3. The number of carbonyl (C=O) groups is 2. The number of rotatable bonds is 3. The molecule has 0 radical (unpaired) electrons. The summed E-state index contributed by atoms with van der Waals surface area (Å²) in [7, 11) is 0. The zero-order chi connectivity index (χ0) is 23.9. The molecule has 1 aromatic carbocycles. The minimum absolute atomic E-state index is 0.108. The fourth-order valence-electron chi connectivity index (χ4n) is 3.69. The van der Waals surface area contributed by atoms with E-state index in [1.54, 1.807) is 24.3 Å². The van der Waals surface area contributed by atoms with E-state index >= 15 is 0 Å². The zero-order valence-electron chi connectivity index (χ0n) is 19.8. The Kier molecular flexibility index (Phi) is 5.73. The van der Waals surface area contributed by atoms with E-state index in [2.05, 4.69) is 16.0 Å². The molecule has 0 atom stereocenters. The van der Waals surface area contributed by atoms with Crippen molar-refractivity contribution in [2.45, 2.75) is 53.0 Å². The van der Waals surface area contributed by atoms with Gasteiger partial charge in [0, 0.05) is 11.3 Å². The molecule has 0 saturated heterocycles. The summed E-state index contributed by atoms with van der Waals surface area (Å²) in [5.41, 5.74) is 7.60. The van der Waals surface area contributed by atoms with Crippen LogP contribution in [0.15, 0.2) is 24.3 Å². The van der Waals surface area contributed by atoms with Crippen molar-refractivity contribution in [1.82, 2.24) is 25.6 Å². The van der Waals surface area contributed by atoms with Gasteiger partial charge >= 0.3 is 0 Å². The van der Waals surface area contributed by atoms with Crippen molar-refractivity contribution in [3.63, 3.8) is 0 Å².